The Kier molecular flexibility index (Phi) is 15.2. The van der Waals surface area contributed by atoms with Crippen molar-refractivity contribution in [2.24, 2.45) is 0 Å². The van der Waals surface area contributed by atoms with E-state index in [0.717, 1.165) is 12.8 Å². The minimum Gasteiger partial charge on any atom is -1.00 e. The molecular weight excluding hydrogens is 88.3 g/mol. The van der Waals surface area contributed by atoms with E-state index in [-0.39, 0.29) is 25.9 Å². The smallest absolute Gasteiger partial charge is 1.00 e. The van der Waals surface area contributed by atoms with Crippen LogP contribution in [0.5, 0.6) is 0 Å². The van der Waals surface area contributed by atoms with E-state index in [1.807, 2.05) is 0 Å². The molecule has 0 aliphatic rings. The number of rotatable bonds is 2. The van der Waals surface area contributed by atoms with Crippen molar-refractivity contribution in [2.45, 2.75) is 19.8 Å². The quantitative estimate of drug-likeness (QED) is 0.505. The maximum atomic E-state index is 8.07. The number of hydrogen-bond acceptors (Lipinski definition) is 1. The predicted molar refractivity (Wildman–Crippen MR) is 30.0 cm³/mol. The van der Waals surface area contributed by atoms with Crippen molar-refractivity contribution in [3.05, 3.63) is 0 Å². The van der Waals surface area contributed by atoms with Crippen molar-refractivity contribution in [2.75, 3.05) is 6.61 Å². The molecule has 0 aliphatic heterocycles. The van der Waals surface area contributed by atoms with E-state index < -0.39 is 0 Å². The molecule has 0 amide bonds. The van der Waals surface area contributed by atoms with E-state index in [2.05, 4.69) is 6.92 Å². The van der Waals surface area contributed by atoms with Crippen LogP contribution in [0.4, 0.5) is 0 Å². The van der Waals surface area contributed by atoms with E-state index in [4.69, 9.17) is 5.11 Å². The van der Waals surface area contributed by atoms with Gasteiger partial charge in [0.15, 0.2) is 0 Å². The third kappa shape index (κ3) is 8.83. The molecule has 0 aliphatic carbocycles. The predicted octanol–water partition coefficient (Wildman–Crippen LogP) is 0.623. The van der Waals surface area contributed by atoms with Crippen LogP contribution in [0, 0.1) is 0 Å². The minimum atomic E-state index is 0. The maximum absolute atomic E-state index is 8.07. The first-order valence-electron chi connectivity index (χ1n) is 2.02. The van der Waals surface area contributed by atoms with Gasteiger partial charge in [0.2, 0.25) is 0 Å². The van der Waals surface area contributed by atoms with Crippen LogP contribution in [-0.2, 0) is 0 Å². The van der Waals surface area contributed by atoms with E-state index >= 15 is 0 Å². The van der Waals surface area contributed by atoms with Gasteiger partial charge in [0, 0.05) is 6.61 Å². The molecule has 0 fully saturated rings. The molecule has 0 unspecified atom stereocenters. The van der Waals surface area contributed by atoms with Crippen molar-refractivity contribution in [3.63, 3.8) is 0 Å². The van der Waals surface area contributed by atoms with Gasteiger partial charge in [0.05, 0.1) is 0 Å². The van der Waals surface area contributed by atoms with Crippen LogP contribution in [0.1, 0.15) is 22.6 Å². The summed E-state index contributed by atoms with van der Waals surface area (Å²) in [4.78, 5) is 0. The molecule has 0 saturated carbocycles. The van der Waals surface area contributed by atoms with E-state index in [1.54, 1.807) is 0 Å². The molecule has 0 bridgehead atoms. The van der Waals surface area contributed by atoms with E-state index in [1.165, 1.54) is 0 Å². The molecule has 0 atom stereocenters. The molecular formula is C4H12MgO. The average Bonchev–Trinajstić information content (AvgIpc) is 1.41. The monoisotopic (exact) mass is 100 g/mol. The Balaban J connectivity index is -0.0000000267. The van der Waals surface area contributed by atoms with Crippen molar-refractivity contribution >= 4 is 23.1 Å². The van der Waals surface area contributed by atoms with Crippen LogP contribution >= 0.6 is 0 Å². The van der Waals surface area contributed by atoms with Crippen LogP contribution in [0.2, 0.25) is 0 Å². The van der Waals surface area contributed by atoms with Crippen LogP contribution in [0.25, 0.3) is 0 Å². The summed E-state index contributed by atoms with van der Waals surface area (Å²) in [5.41, 5.74) is 0. The molecule has 0 saturated heterocycles. The van der Waals surface area contributed by atoms with Gasteiger partial charge in [-0.25, -0.2) is 0 Å². The Bertz CT molecular complexity index is 21.5. The SMILES string of the molecule is CCCCO.[H-].[H-].[Mg+2]. The second-order valence-corrected chi connectivity index (χ2v) is 1.08. The Morgan fingerprint density at radius 1 is 1.67 bits per heavy atom. The fourth-order valence-corrected chi connectivity index (χ4v) is 0.158. The molecule has 0 spiro atoms. The summed E-state index contributed by atoms with van der Waals surface area (Å²) in [5, 5.41) is 8.07. The summed E-state index contributed by atoms with van der Waals surface area (Å²) in [5.74, 6) is 0. The molecule has 0 rings (SSSR count). The normalized spacial score (nSPS) is 7.00. The third-order valence-electron chi connectivity index (χ3n) is 0.512. The van der Waals surface area contributed by atoms with Gasteiger partial charge in [-0.1, -0.05) is 13.3 Å². The van der Waals surface area contributed by atoms with Gasteiger partial charge in [-0.3, -0.25) is 0 Å². The summed E-state index contributed by atoms with van der Waals surface area (Å²) >= 11 is 0. The van der Waals surface area contributed by atoms with Crippen molar-refractivity contribution in [1.29, 1.82) is 0 Å². The van der Waals surface area contributed by atoms with Gasteiger partial charge in [0.25, 0.3) is 0 Å². The maximum Gasteiger partial charge on any atom is 2.00 e. The fourth-order valence-electron chi connectivity index (χ4n) is 0.158. The van der Waals surface area contributed by atoms with Gasteiger partial charge < -0.3 is 7.96 Å². The minimum absolute atomic E-state index is 0. The number of unbranched alkanes of at least 4 members (excludes halogenated alkanes) is 1. The fraction of sp³-hybridized carbons (Fsp3) is 1.00. The number of aliphatic hydroxyl groups excluding tert-OH is 1. The van der Waals surface area contributed by atoms with Crippen LogP contribution in [0.15, 0.2) is 0 Å². The molecule has 6 heavy (non-hydrogen) atoms. The molecule has 0 heterocycles. The molecule has 0 radical (unpaired) electrons. The second-order valence-electron chi connectivity index (χ2n) is 1.08. The zero-order chi connectivity index (χ0) is 4.12. The van der Waals surface area contributed by atoms with Gasteiger partial charge >= 0.3 is 23.1 Å². The summed E-state index contributed by atoms with van der Waals surface area (Å²) < 4.78 is 0. The van der Waals surface area contributed by atoms with Gasteiger partial charge in [-0.2, -0.15) is 0 Å². The van der Waals surface area contributed by atoms with Gasteiger partial charge in [-0.05, 0) is 6.42 Å². The molecule has 1 nitrogen and oxygen atoms in total. The number of aliphatic hydroxyl groups is 1. The topological polar surface area (TPSA) is 20.2 Å². The average molecular weight is 100 g/mol. The Morgan fingerprint density at radius 3 is 2.17 bits per heavy atom. The largest absolute Gasteiger partial charge is 2.00 e. The standard InChI is InChI=1S/C4H10O.Mg.2H/c1-2-3-4-5;;;/h5H,2-4H2,1H3;;;/q;+2;2*-1. The third-order valence-corrected chi connectivity index (χ3v) is 0.512. The Morgan fingerprint density at radius 2 is 2.17 bits per heavy atom. The zero-order valence-electron chi connectivity index (χ0n) is 6.28. The Hall–Kier alpha value is 0.726. The van der Waals surface area contributed by atoms with Crippen LogP contribution in [-0.4, -0.2) is 34.8 Å². The summed E-state index contributed by atoms with van der Waals surface area (Å²) in [6, 6.07) is 0. The zero-order valence-corrected chi connectivity index (χ0v) is 5.69. The number of hydrogen-bond donors (Lipinski definition) is 1. The van der Waals surface area contributed by atoms with Crippen molar-refractivity contribution < 1.29 is 7.96 Å². The van der Waals surface area contributed by atoms with Crippen molar-refractivity contribution in [3.8, 4) is 0 Å². The summed E-state index contributed by atoms with van der Waals surface area (Å²) in [7, 11) is 0. The first-order valence-corrected chi connectivity index (χ1v) is 2.02. The molecule has 0 aromatic rings. The first kappa shape index (κ1) is 9.87. The Labute approximate surface area is 57.9 Å². The first-order chi connectivity index (χ1) is 2.41. The van der Waals surface area contributed by atoms with Crippen molar-refractivity contribution in [1.82, 2.24) is 0 Å². The molecule has 0 aromatic carbocycles. The van der Waals surface area contributed by atoms with E-state index in [0.29, 0.717) is 6.61 Å². The summed E-state index contributed by atoms with van der Waals surface area (Å²) in [6.07, 6.45) is 2.04. The second kappa shape index (κ2) is 9.21. The van der Waals surface area contributed by atoms with E-state index in [9.17, 15) is 0 Å². The van der Waals surface area contributed by atoms with Crippen LogP contribution < -0.4 is 0 Å². The molecule has 2 heteroatoms. The molecule has 0 aromatic heterocycles. The summed E-state index contributed by atoms with van der Waals surface area (Å²) in [6.45, 7) is 2.40. The van der Waals surface area contributed by atoms with Crippen LogP contribution in [0.3, 0.4) is 0 Å². The van der Waals surface area contributed by atoms with Gasteiger partial charge in [0.1, 0.15) is 0 Å². The molecule has 1 N–H and O–H groups in total. The van der Waals surface area contributed by atoms with Gasteiger partial charge in [-0.15, -0.1) is 0 Å². The molecule has 36 valence electrons.